The summed E-state index contributed by atoms with van der Waals surface area (Å²) < 4.78 is 12.8. The summed E-state index contributed by atoms with van der Waals surface area (Å²) in [6, 6.07) is 6.01. The number of hydrogen-bond donors (Lipinski definition) is 0. The third-order valence-electron chi connectivity index (χ3n) is 2.17. The molecule has 0 bridgehead atoms. The van der Waals surface area contributed by atoms with Gasteiger partial charge >= 0.3 is 0 Å². The van der Waals surface area contributed by atoms with Crippen LogP contribution in [0.5, 0.6) is 0 Å². The number of benzene rings is 1. The summed E-state index contributed by atoms with van der Waals surface area (Å²) in [5.74, 6) is -0.301. The maximum absolute atomic E-state index is 12.8. The molecule has 1 aromatic carbocycles. The first-order valence-corrected chi connectivity index (χ1v) is 5.64. The molecule has 0 saturated heterocycles. The summed E-state index contributed by atoms with van der Waals surface area (Å²) in [5.41, 5.74) is 1.42. The molecule has 0 amide bonds. The van der Waals surface area contributed by atoms with Crippen molar-refractivity contribution in [1.29, 1.82) is 0 Å². The number of carbonyl (C=O) groups is 1. The van der Waals surface area contributed by atoms with Crippen LogP contribution >= 0.6 is 11.3 Å². The van der Waals surface area contributed by atoms with E-state index in [2.05, 4.69) is 4.98 Å². The first-order chi connectivity index (χ1) is 7.58. The molecule has 16 heavy (non-hydrogen) atoms. The Morgan fingerprint density at radius 2 is 1.94 bits per heavy atom. The molecular weight excluding hydrogens is 225 g/mol. The van der Waals surface area contributed by atoms with Crippen LogP contribution in [-0.2, 0) is 0 Å². The van der Waals surface area contributed by atoms with Crippen LogP contribution < -0.4 is 0 Å². The van der Waals surface area contributed by atoms with E-state index < -0.39 is 0 Å². The van der Waals surface area contributed by atoms with Crippen LogP contribution in [0.3, 0.4) is 0 Å². The molecule has 0 spiro atoms. The second-order valence-corrected chi connectivity index (χ2v) is 4.68. The van der Waals surface area contributed by atoms with Gasteiger partial charge in [0.25, 0.3) is 0 Å². The number of thiazole rings is 1. The van der Waals surface area contributed by atoms with E-state index >= 15 is 0 Å². The molecule has 82 valence electrons. The summed E-state index contributed by atoms with van der Waals surface area (Å²) in [5, 5.41) is 0.838. The molecule has 1 heterocycles. The fourth-order valence-electron chi connectivity index (χ4n) is 1.47. The van der Waals surface area contributed by atoms with E-state index in [0.717, 1.165) is 10.6 Å². The van der Waals surface area contributed by atoms with Crippen LogP contribution in [0.2, 0.25) is 0 Å². The molecule has 0 aliphatic rings. The number of ketones is 1. The minimum absolute atomic E-state index is 0.00933. The number of carbonyl (C=O) groups excluding carboxylic acids is 1. The molecule has 2 nitrogen and oxygen atoms in total. The van der Waals surface area contributed by atoms with Crippen molar-refractivity contribution in [3.05, 3.63) is 40.0 Å². The third kappa shape index (κ3) is 2.02. The number of aryl methyl sites for hydroxylation is 1. The van der Waals surface area contributed by atoms with Crippen LogP contribution in [0.4, 0.5) is 4.39 Å². The highest BCUT2D eigenvalue weighted by Gasteiger charge is 2.14. The van der Waals surface area contributed by atoms with Crippen molar-refractivity contribution >= 4 is 17.1 Å². The molecule has 4 heteroatoms. The van der Waals surface area contributed by atoms with Crippen molar-refractivity contribution in [3.8, 4) is 11.3 Å². The number of Topliss-reactive ketones (excluding diaryl/α,β-unsaturated/α-hetero) is 1. The lowest BCUT2D eigenvalue weighted by molar-refractivity contribution is 0.102. The Balaban J connectivity index is 2.55. The van der Waals surface area contributed by atoms with E-state index in [9.17, 15) is 9.18 Å². The van der Waals surface area contributed by atoms with Crippen LogP contribution in [0.15, 0.2) is 24.3 Å². The summed E-state index contributed by atoms with van der Waals surface area (Å²) in [6.07, 6.45) is 0. The Hall–Kier alpha value is -1.55. The Kier molecular flexibility index (Phi) is 2.83. The summed E-state index contributed by atoms with van der Waals surface area (Å²) in [7, 11) is 0. The molecule has 0 saturated carbocycles. The summed E-state index contributed by atoms with van der Waals surface area (Å²) in [4.78, 5) is 16.4. The molecule has 1 aromatic heterocycles. The fourth-order valence-corrected chi connectivity index (χ4v) is 2.31. The zero-order chi connectivity index (χ0) is 11.7. The van der Waals surface area contributed by atoms with E-state index in [1.807, 2.05) is 6.92 Å². The lowest BCUT2D eigenvalue weighted by Gasteiger charge is -1.99. The van der Waals surface area contributed by atoms with Gasteiger partial charge in [0.05, 0.1) is 15.6 Å². The van der Waals surface area contributed by atoms with Gasteiger partial charge in [0.15, 0.2) is 5.78 Å². The summed E-state index contributed by atoms with van der Waals surface area (Å²) in [6.45, 7) is 3.37. The van der Waals surface area contributed by atoms with Gasteiger partial charge in [-0.05, 0) is 31.2 Å². The normalized spacial score (nSPS) is 10.4. The maximum atomic E-state index is 12.8. The Labute approximate surface area is 96.8 Å². The standard InChI is InChI=1S/C12H10FNOS/c1-7(15)12-11(14-8(2)16-12)9-3-5-10(13)6-4-9/h3-6H,1-2H3. The Morgan fingerprint density at radius 3 is 2.50 bits per heavy atom. The fraction of sp³-hybridized carbons (Fsp3) is 0.167. The van der Waals surface area contributed by atoms with E-state index in [0.29, 0.717) is 10.6 Å². The van der Waals surface area contributed by atoms with Crippen molar-refractivity contribution in [2.24, 2.45) is 0 Å². The molecule has 0 unspecified atom stereocenters. The van der Waals surface area contributed by atoms with Gasteiger partial charge in [-0.25, -0.2) is 9.37 Å². The lowest BCUT2D eigenvalue weighted by Crippen LogP contribution is -1.91. The predicted molar refractivity (Wildman–Crippen MR) is 62.2 cm³/mol. The van der Waals surface area contributed by atoms with Gasteiger partial charge in [0.1, 0.15) is 5.82 Å². The highest BCUT2D eigenvalue weighted by molar-refractivity contribution is 7.14. The molecule has 0 fully saturated rings. The maximum Gasteiger partial charge on any atom is 0.172 e. The first-order valence-electron chi connectivity index (χ1n) is 4.82. The van der Waals surface area contributed by atoms with E-state index in [1.165, 1.54) is 30.4 Å². The van der Waals surface area contributed by atoms with Crippen LogP contribution in [0, 0.1) is 12.7 Å². The van der Waals surface area contributed by atoms with Gasteiger partial charge in [-0.2, -0.15) is 0 Å². The van der Waals surface area contributed by atoms with Crippen LogP contribution in [0.1, 0.15) is 21.6 Å². The molecule has 2 rings (SSSR count). The Morgan fingerprint density at radius 1 is 1.31 bits per heavy atom. The second-order valence-electron chi connectivity index (χ2n) is 3.47. The number of rotatable bonds is 2. The SMILES string of the molecule is CC(=O)c1sc(C)nc1-c1ccc(F)cc1. The average molecular weight is 235 g/mol. The largest absolute Gasteiger partial charge is 0.294 e. The van der Waals surface area contributed by atoms with Gasteiger partial charge in [-0.15, -0.1) is 11.3 Å². The second kappa shape index (κ2) is 4.14. The van der Waals surface area contributed by atoms with Gasteiger partial charge < -0.3 is 0 Å². The first kappa shape index (κ1) is 11.0. The summed E-state index contributed by atoms with van der Waals surface area (Å²) >= 11 is 1.37. The van der Waals surface area contributed by atoms with Crippen molar-refractivity contribution < 1.29 is 9.18 Å². The monoisotopic (exact) mass is 235 g/mol. The average Bonchev–Trinajstić information content (AvgIpc) is 2.61. The van der Waals surface area contributed by atoms with Crippen molar-refractivity contribution in [2.45, 2.75) is 13.8 Å². The van der Waals surface area contributed by atoms with Crippen molar-refractivity contribution in [1.82, 2.24) is 4.98 Å². The Bertz CT molecular complexity index is 530. The number of nitrogens with zero attached hydrogens (tertiary/aromatic N) is 1. The predicted octanol–water partition coefficient (Wildman–Crippen LogP) is 3.46. The lowest BCUT2D eigenvalue weighted by atomic mass is 10.1. The topological polar surface area (TPSA) is 30.0 Å². The minimum atomic E-state index is -0.292. The van der Waals surface area contributed by atoms with Gasteiger partial charge in [-0.1, -0.05) is 0 Å². The van der Waals surface area contributed by atoms with Crippen molar-refractivity contribution in [2.75, 3.05) is 0 Å². The van der Waals surface area contributed by atoms with E-state index in [1.54, 1.807) is 12.1 Å². The molecule has 0 radical (unpaired) electrons. The highest BCUT2D eigenvalue weighted by atomic mass is 32.1. The van der Waals surface area contributed by atoms with Gasteiger partial charge in [0.2, 0.25) is 0 Å². The molecule has 0 N–H and O–H groups in total. The number of hydrogen-bond acceptors (Lipinski definition) is 3. The third-order valence-corrected chi connectivity index (χ3v) is 3.24. The van der Waals surface area contributed by atoms with Crippen LogP contribution in [0.25, 0.3) is 11.3 Å². The highest BCUT2D eigenvalue weighted by Crippen LogP contribution is 2.28. The van der Waals surface area contributed by atoms with Crippen LogP contribution in [-0.4, -0.2) is 10.8 Å². The molecule has 0 atom stereocenters. The zero-order valence-corrected chi connectivity index (χ0v) is 9.77. The number of halogens is 1. The van der Waals surface area contributed by atoms with E-state index in [4.69, 9.17) is 0 Å². The smallest absolute Gasteiger partial charge is 0.172 e. The molecule has 0 aliphatic carbocycles. The van der Waals surface area contributed by atoms with Gasteiger partial charge in [-0.3, -0.25) is 4.79 Å². The van der Waals surface area contributed by atoms with E-state index in [-0.39, 0.29) is 11.6 Å². The molecule has 0 aliphatic heterocycles. The molecular formula is C12H10FNOS. The quantitative estimate of drug-likeness (QED) is 0.746. The van der Waals surface area contributed by atoms with Gasteiger partial charge in [0, 0.05) is 12.5 Å². The van der Waals surface area contributed by atoms with Crippen molar-refractivity contribution in [3.63, 3.8) is 0 Å². The minimum Gasteiger partial charge on any atom is -0.294 e. The molecule has 2 aromatic rings. The number of aromatic nitrogens is 1. The zero-order valence-electron chi connectivity index (χ0n) is 8.95.